The summed E-state index contributed by atoms with van der Waals surface area (Å²) in [5.41, 5.74) is 6.08. The van der Waals surface area contributed by atoms with Crippen molar-refractivity contribution in [2.24, 2.45) is 14.1 Å². The van der Waals surface area contributed by atoms with E-state index in [1.165, 1.54) is 52.7 Å². The summed E-state index contributed by atoms with van der Waals surface area (Å²) in [7, 11) is 6.07. The van der Waals surface area contributed by atoms with E-state index >= 15 is 0 Å². The number of para-hydroxylation sites is 1. The summed E-state index contributed by atoms with van der Waals surface area (Å²) in [5, 5.41) is 5.14. The molecule has 0 saturated heterocycles. The summed E-state index contributed by atoms with van der Waals surface area (Å²) < 4.78 is 14.2. The molecule has 3 heterocycles. The number of methoxy groups -OCH3 is 1. The van der Waals surface area contributed by atoms with E-state index in [1.807, 2.05) is 0 Å². The van der Waals surface area contributed by atoms with Gasteiger partial charge in [0, 0.05) is 0 Å². The van der Waals surface area contributed by atoms with Gasteiger partial charge in [-0.3, -0.25) is 0 Å². The summed E-state index contributed by atoms with van der Waals surface area (Å²) in [6, 6.07) is 22.1. The van der Waals surface area contributed by atoms with Gasteiger partial charge in [-0.2, -0.15) is 0 Å². The first-order chi connectivity index (χ1) is 15.5. The molecule has 0 bridgehead atoms. The molecule has 6 rings (SSSR count). The molecule has 3 aromatic carbocycles. The van der Waals surface area contributed by atoms with Crippen molar-refractivity contribution in [2.45, 2.75) is 6.92 Å². The van der Waals surface area contributed by atoms with E-state index < -0.39 is 0 Å². The summed E-state index contributed by atoms with van der Waals surface area (Å²) in [5.74, 6) is 2.09. The number of fused-ring (bicyclic) bond motifs is 6. The van der Waals surface area contributed by atoms with Crippen LogP contribution < -0.4 is 12.6 Å². The Balaban J connectivity index is 1.90. The summed E-state index contributed by atoms with van der Waals surface area (Å²) in [6.07, 6.45) is 2.18. The average molecular weight is 616 g/mol. The average Bonchev–Trinajstić information content (AvgIpc) is 3.27. The van der Waals surface area contributed by atoms with Gasteiger partial charge in [0.15, 0.2) is 0 Å². The molecule has 6 aromatic rings. The summed E-state index contributed by atoms with van der Waals surface area (Å²) in [6.45, 7) is 2.17. The van der Waals surface area contributed by atoms with E-state index in [0.29, 0.717) is 0 Å². The molecule has 0 radical (unpaired) electrons. The SMILES string of the molecule is COc1ccc2c3c[c]([BiH2])ccc3n(-c3c4c(cc[n+]3C)c3ccccc3n4C)c2c1C. The van der Waals surface area contributed by atoms with Crippen molar-refractivity contribution in [3.8, 4) is 11.6 Å². The molecule has 5 heteroatoms. The van der Waals surface area contributed by atoms with Crippen molar-refractivity contribution < 1.29 is 9.30 Å². The zero-order valence-corrected chi connectivity index (χ0v) is 23.2. The van der Waals surface area contributed by atoms with Crippen LogP contribution in [-0.2, 0) is 14.1 Å². The fraction of sp³-hybridized carbons (Fsp3) is 0.148. The van der Waals surface area contributed by atoms with E-state index in [0.717, 1.165) is 36.0 Å². The molecule has 3 aromatic heterocycles. The van der Waals surface area contributed by atoms with E-state index in [1.54, 1.807) is 7.11 Å². The Morgan fingerprint density at radius 1 is 0.844 bits per heavy atom. The molecule has 0 amide bonds. The Bertz CT molecular complexity index is 1710. The maximum absolute atomic E-state index is 5.74. The first-order valence-corrected chi connectivity index (χ1v) is 13.0. The number of rotatable bonds is 2. The van der Waals surface area contributed by atoms with Crippen LogP contribution in [0.15, 0.2) is 66.9 Å². The molecule has 0 aliphatic heterocycles. The first kappa shape index (κ1) is 19.8. The number of aryl methyl sites for hydroxylation is 3. The zero-order chi connectivity index (χ0) is 22.1. The first-order valence-electron chi connectivity index (χ1n) is 10.7. The quantitative estimate of drug-likeness (QED) is 0.215. The van der Waals surface area contributed by atoms with Gasteiger partial charge in [-0.05, 0) is 0 Å². The molecule has 32 heavy (non-hydrogen) atoms. The van der Waals surface area contributed by atoms with Gasteiger partial charge >= 0.3 is 202 Å². The Morgan fingerprint density at radius 2 is 1.62 bits per heavy atom. The maximum atomic E-state index is 5.74. The molecule has 0 aliphatic rings. The monoisotopic (exact) mass is 616 g/mol. The van der Waals surface area contributed by atoms with Crippen molar-refractivity contribution in [1.82, 2.24) is 9.13 Å². The minimum atomic E-state index is 0.805. The number of pyridine rings is 1. The predicted octanol–water partition coefficient (Wildman–Crippen LogP) is 3.83. The molecule has 0 N–H and O–H groups in total. The second kappa shape index (κ2) is 7.05. The van der Waals surface area contributed by atoms with Gasteiger partial charge in [0.25, 0.3) is 0 Å². The third-order valence-corrected chi connectivity index (χ3v) is 8.14. The van der Waals surface area contributed by atoms with Crippen LogP contribution in [0.1, 0.15) is 5.56 Å². The second-order valence-electron chi connectivity index (χ2n) is 8.49. The summed E-state index contributed by atoms with van der Waals surface area (Å²) in [4.78, 5) is 0. The molecular weight excluding hydrogens is 591 g/mol. The van der Waals surface area contributed by atoms with Crippen molar-refractivity contribution in [2.75, 3.05) is 7.11 Å². The van der Waals surface area contributed by atoms with Gasteiger partial charge in [0.1, 0.15) is 0 Å². The predicted molar refractivity (Wildman–Crippen MR) is 135 cm³/mol. The Labute approximate surface area is 201 Å². The molecular formula is C27H25BiN3O+. The number of ether oxygens (including phenoxy) is 1. The zero-order valence-electron chi connectivity index (χ0n) is 18.7. The van der Waals surface area contributed by atoms with Gasteiger partial charge in [0.05, 0.1) is 0 Å². The molecule has 0 unspecified atom stereocenters. The van der Waals surface area contributed by atoms with Crippen molar-refractivity contribution >= 4 is 71.6 Å². The number of nitrogens with zero attached hydrogens (tertiary/aromatic N) is 3. The van der Waals surface area contributed by atoms with Crippen LogP contribution in [0, 0.1) is 6.92 Å². The molecule has 0 spiro atoms. The van der Waals surface area contributed by atoms with Gasteiger partial charge in [-0.1, -0.05) is 0 Å². The van der Waals surface area contributed by atoms with E-state index in [2.05, 4.69) is 102 Å². The Hall–Kier alpha value is -2.91. The molecule has 0 saturated carbocycles. The van der Waals surface area contributed by atoms with Crippen molar-refractivity contribution in [3.05, 3.63) is 72.4 Å². The number of aromatic nitrogens is 3. The van der Waals surface area contributed by atoms with Crippen LogP contribution in [0.4, 0.5) is 0 Å². The normalized spacial score (nSPS) is 11.9. The Kier molecular flexibility index (Phi) is 4.35. The van der Waals surface area contributed by atoms with Gasteiger partial charge < -0.3 is 0 Å². The fourth-order valence-corrected chi connectivity index (χ4v) is 6.28. The molecule has 4 nitrogen and oxygen atoms in total. The van der Waals surface area contributed by atoms with Crippen molar-refractivity contribution in [1.29, 1.82) is 0 Å². The fourth-order valence-electron chi connectivity index (χ4n) is 5.26. The van der Waals surface area contributed by atoms with E-state index in [9.17, 15) is 0 Å². The van der Waals surface area contributed by atoms with Crippen LogP contribution in [0.5, 0.6) is 5.75 Å². The summed E-state index contributed by atoms with van der Waals surface area (Å²) >= 11 is 0.805. The van der Waals surface area contributed by atoms with E-state index in [4.69, 9.17) is 4.74 Å². The molecule has 0 atom stereocenters. The second-order valence-corrected chi connectivity index (χ2v) is 11.1. The number of hydrogen-bond donors (Lipinski definition) is 0. The van der Waals surface area contributed by atoms with Crippen LogP contribution >= 0.6 is 0 Å². The third kappa shape index (κ3) is 2.55. The standard InChI is InChI=1S/C27H23N3O.Bi.2H/c1-17-24(31-4)14-13-20-19-10-6-8-12-23(19)30(25(17)20)27-26-21(15-16-28(27)2)18-9-5-7-11-22(18)29(26)3;;;/h5,7-16H,1-4H3;;;/q+1;;;. The molecule has 158 valence electrons. The van der Waals surface area contributed by atoms with Gasteiger partial charge in [0.2, 0.25) is 0 Å². The third-order valence-electron chi connectivity index (χ3n) is 6.75. The van der Waals surface area contributed by atoms with Crippen molar-refractivity contribution in [3.63, 3.8) is 0 Å². The van der Waals surface area contributed by atoms with Gasteiger partial charge in [-0.25, -0.2) is 0 Å². The van der Waals surface area contributed by atoms with Crippen LogP contribution in [0.25, 0.3) is 49.4 Å². The molecule has 0 fully saturated rings. The van der Waals surface area contributed by atoms with Crippen LogP contribution in [-0.4, -0.2) is 41.0 Å². The van der Waals surface area contributed by atoms with Crippen LogP contribution in [0.3, 0.4) is 0 Å². The minimum absolute atomic E-state index is 0.805. The topological polar surface area (TPSA) is 23.0 Å². The van der Waals surface area contributed by atoms with E-state index in [-0.39, 0.29) is 0 Å². The van der Waals surface area contributed by atoms with Crippen LogP contribution in [0.2, 0.25) is 0 Å². The number of benzene rings is 3. The number of hydrogen-bond acceptors (Lipinski definition) is 1. The molecule has 0 aliphatic carbocycles. The van der Waals surface area contributed by atoms with Gasteiger partial charge in [-0.15, -0.1) is 0 Å². The Morgan fingerprint density at radius 3 is 2.44 bits per heavy atom.